The molecule has 2 aromatic rings. The third kappa shape index (κ3) is 4.84. The van der Waals surface area contributed by atoms with E-state index in [9.17, 15) is 9.18 Å². The van der Waals surface area contributed by atoms with Crippen molar-refractivity contribution in [2.45, 2.75) is 22.2 Å². The molecule has 0 radical (unpaired) electrons. The summed E-state index contributed by atoms with van der Waals surface area (Å²) in [6.45, 7) is 1.66. The van der Waals surface area contributed by atoms with Crippen molar-refractivity contribution in [3.05, 3.63) is 33.4 Å². The fourth-order valence-electron chi connectivity index (χ4n) is 1.77. The molecule has 24 heavy (non-hydrogen) atoms. The van der Waals surface area contributed by atoms with Crippen LogP contribution in [0.15, 0.2) is 23.2 Å². The molecule has 0 unspecified atom stereocenters. The molecule has 0 atom stereocenters. The van der Waals surface area contributed by atoms with E-state index in [2.05, 4.69) is 10.4 Å². The molecule has 1 heterocycles. The van der Waals surface area contributed by atoms with Crippen LogP contribution in [0, 0.1) is 0 Å². The number of benzene rings is 1. The standard InChI is InChI=1S/C13H9Cl5FN3OS/c1-2-10(23)21-12-9(24-13(17,18)19)5-20-22(12)11-7(15)3-6(14)4-8(11)16/h3-5H,2H2,1H3,(H,21,23). The second kappa shape index (κ2) is 7.89. The quantitative estimate of drug-likeness (QED) is 0.427. The number of nitrogens with one attached hydrogen (secondary N) is 1. The van der Waals surface area contributed by atoms with E-state index >= 15 is 0 Å². The van der Waals surface area contributed by atoms with Crippen LogP contribution in [0.2, 0.25) is 15.1 Å². The lowest BCUT2D eigenvalue weighted by Gasteiger charge is -2.14. The molecule has 0 bridgehead atoms. The summed E-state index contributed by atoms with van der Waals surface area (Å²) in [6, 6.07) is 2.93. The van der Waals surface area contributed by atoms with Crippen molar-refractivity contribution in [2.75, 3.05) is 5.32 Å². The number of carbonyl (C=O) groups excluding carboxylic acids is 1. The Bertz CT molecular complexity index is 754. The molecule has 4 nitrogen and oxygen atoms in total. The number of amides is 1. The fraction of sp³-hybridized carbons (Fsp3) is 0.231. The van der Waals surface area contributed by atoms with Gasteiger partial charge >= 0.3 is 3.92 Å². The molecule has 0 aliphatic carbocycles. The van der Waals surface area contributed by atoms with E-state index < -0.39 is 3.92 Å². The molecule has 0 saturated heterocycles. The van der Waals surface area contributed by atoms with Gasteiger partial charge in [-0.05, 0) is 23.9 Å². The number of carbonyl (C=O) groups is 1. The van der Waals surface area contributed by atoms with Crippen molar-refractivity contribution in [1.29, 1.82) is 0 Å². The van der Waals surface area contributed by atoms with Crippen LogP contribution >= 0.6 is 69.8 Å². The minimum absolute atomic E-state index is 0.140. The Hall–Kier alpha value is -0.370. The number of hydrogen-bond donors (Lipinski definition) is 1. The molecule has 1 aromatic carbocycles. The summed E-state index contributed by atoms with van der Waals surface area (Å²) in [5.74, 6) is -0.185. The van der Waals surface area contributed by atoms with Gasteiger partial charge in [-0.2, -0.15) is 9.49 Å². The molecule has 1 N–H and O–H groups in total. The van der Waals surface area contributed by atoms with Crippen molar-refractivity contribution in [1.82, 2.24) is 9.78 Å². The van der Waals surface area contributed by atoms with Gasteiger partial charge in [-0.25, -0.2) is 4.68 Å². The maximum atomic E-state index is 13.6. The van der Waals surface area contributed by atoms with Crippen LogP contribution in [-0.4, -0.2) is 19.6 Å². The number of halogens is 6. The molecule has 1 amide bonds. The lowest BCUT2D eigenvalue weighted by atomic mass is 10.3. The van der Waals surface area contributed by atoms with E-state index in [1.807, 2.05) is 0 Å². The highest BCUT2D eigenvalue weighted by atomic mass is 35.5. The number of aromatic nitrogens is 2. The van der Waals surface area contributed by atoms with Gasteiger partial charge in [0.15, 0.2) is 0 Å². The monoisotopic (exact) mass is 449 g/mol. The Labute approximate surface area is 166 Å². The number of nitrogens with zero attached hydrogens (tertiary/aromatic N) is 2. The summed E-state index contributed by atoms with van der Waals surface area (Å²) < 4.78 is 12.2. The zero-order valence-electron chi connectivity index (χ0n) is 11.9. The summed E-state index contributed by atoms with van der Waals surface area (Å²) in [5.41, 5.74) is 0.273. The van der Waals surface area contributed by atoms with E-state index in [4.69, 9.17) is 58.0 Å². The lowest BCUT2D eigenvalue weighted by Crippen LogP contribution is -2.15. The molecular formula is C13H9Cl5FN3OS. The number of thioether (sulfide) groups is 1. The predicted molar refractivity (Wildman–Crippen MR) is 98.9 cm³/mol. The molecule has 0 saturated carbocycles. The average molecular weight is 452 g/mol. The summed E-state index contributed by atoms with van der Waals surface area (Å²) in [4.78, 5) is 12.0. The predicted octanol–water partition coefficient (Wildman–Crippen LogP) is 6.33. The third-order valence-corrected chi connectivity index (χ3v) is 4.74. The first-order valence-corrected chi connectivity index (χ1v) is 9.11. The first-order valence-electron chi connectivity index (χ1n) is 6.41. The fourth-order valence-corrected chi connectivity index (χ4v) is 3.83. The largest absolute Gasteiger partial charge is 0.310 e. The average Bonchev–Trinajstić information content (AvgIpc) is 2.78. The highest BCUT2D eigenvalue weighted by Gasteiger charge is 2.29. The molecule has 0 fully saturated rings. The molecule has 0 aliphatic rings. The molecule has 11 heteroatoms. The number of hydrogen-bond acceptors (Lipinski definition) is 3. The number of alkyl halides is 3. The van der Waals surface area contributed by atoms with Crippen LogP contribution in [0.3, 0.4) is 0 Å². The smallest absolute Gasteiger partial charge is 0.309 e. The minimum atomic E-state index is -2.60. The summed E-state index contributed by atoms with van der Waals surface area (Å²) in [6.07, 6.45) is 1.48. The van der Waals surface area contributed by atoms with Crippen LogP contribution in [0.4, 0.5) is 10.2 Å². The summed E-state index contributed by atoms with van der Waals surface area (Å²) in [5, 5.41) is 7.43. The summed E-state index contributed by atoms with van der Waals surface area (Å²) in [7, 11) is 0. The summed E-state index contributed by atoms with van der Waals surface area (Å²) >= 11 is 29.5. The van der Waals surface area contributed by atoms with Gasteiger partial charge in [0.1, 0.15) is 11.5 Å². The van der Waals surface area contributed by atoms with Gasteiger partial charge in [-0.3, -0.25) is 4.79 Å². The second-order valence-electron chi connectivity index (χ2n) is 4.44. The third-order valence-electron chi connectivity index (χ3n) is 2.73. The van der Waals surface area contributed by atoms with Gasteiger partial charge in [0.25, 0.3) is 0 Å². The van der Waals surface area contributed by atoms with Crippen LogP contribution in [0.1, 0.15) is 13.3 Å². The minimum Gasteiger partial charge on any atom is -0.310 e. The SMILES string of the molecule is CCC(=O)Nc1c(SC(F)(Cl)Cl)cnn1-c1c(Cl)cc(Cl)cc1Cl. The number of anilines is 1. The van der Waals surface area contributed by atoms with Crippen molar-refractivity contribution >= 4 is 81.5 Å². The molecule has 2 rings (SSSR count). The van der Waals surface area contributed by atoms with Crippen molar-refractivity contribution in [2.24, 2.45) is 0 Å². The highest BCUT2D eigenvalue weighted by molar-refractivity contribution is 8.03. The number of rotatable bonds is 5. The van der Waals surface area contributed by atoms with Gasteiger partial charge in [0.2, 0.25) is 5.91 Å². The molecule has 1 aromatic heterocycles. The van der Waals surface area contributed by atoms with Crippen LogP contribution in [0.25, 0.3) is 5.69 Å². The van der Waals surface area contributed by atoms with E-state index in [-0.39, 0.29) is 38.8 Å². The van der Waals surface area contributed by atoms with E-state index in [0.717, 1.165) is 0 Å². The van der Waals surface area contributed by atoms with Crippen molar-refractivity contribution < 1.29 is 9.18 Å². The first kappa shape index (κ1) is 19.9. The Morgan fingerprint density at radius 3 is 2.42 bits per heavy atom. The molecular weight excluding hydrogens is 442 g/mol. The normalized spacial score (nSPS) is 11.6. The maximum absolute atomic E-state index is 13.6. The van der Waals surface area contributed by atoms with E-state index in [1.165, 1.54) is 23.0 Å². The molecule has 0 aliphatic heterocycles. The van der Waals surface area contributed by atoms with Gasteiger partial charge in [-0.15, -0.1) is 0 Å². The second-order valence-corrected chi connectivity index (χ2v) is 8.58. The molecule has 0 spiro atoms. The Balaban J connectivity index is 2.60. The van der Waals surface area contributed by atoms with Gasteiger partial charge in [0.05, 0.1) is 21.1 Å². The van der Waals surface area contributed by atoms with Gasteiger partial charge in [0, 0.05) is 11.4 Å². The van der Waals surface area contributed by atoms with Crippen LogP contribution < -0.4 is 5.32 Å². The Morgan fingerprint density at radius 1 is 1.33 bits per heavy atom. The lowest BCUT2D eigenvalue weighted by molar-refractivity contribution is -0.115. The molecule has 130 valence electrons. The van der Waals surface area contributed by atoms with E-state index in [1.54, 1.807) is 6.92 Å². The highest BCUT2D eigenvalue weighted by Crippen LogP contribution is 2.45. The van der Waals surface area contributed by atoms with Crippen LogP contribution in [0.5, 0.6) is 0 Å². The first-order chi connectivity index (χ1) is 11.1. The topological polar surface area (TPSA) is 46.9 Å². The zero-order chi connectivity index (χ0) is 18.1. The maximum Gasteiger partial charge on any atom is 0.309 e. The van der Waals surface area contributed by atoms with Crippen LogP contribution in [-0.2, 0) is 4.79 Å². The van der Waals surface area contributed by atoms with Crippen molar-refractivity contribution in [3.63, 3.8) is 0 Å². The van der Waals surface area contributed by atoms with Gasteiger partial charge < -0.3 is 5.32 Å². The Kier molecular flexibility index (Phi) is 6.56. The van der Waals surface area contributed by atoms with Gasteiger partial charge in [-0.1, -0.05) is 64.9 Å². The Morgan fingerprint density at radius 2 is 1.92 bits per heavy atom. The zero-order valence-corrected chi connectivity index (χ0v) is 16.5. The van der Waals surface area contributed by atoms with Crippen molar-refractivity contribution in [3.8, 4) is 5.69 Å². The van der Waals surface area contributed by atoms with E-state index in [0.29, 0.717) is 16.8 Å².